The van der Waals surface area contributed by atoms with Crippen molar-refractivity contribution >= 4 is 23.2 Å². The molecule has 1 aromatic rings. The van der Waals surface area contributed by atoms with E-state index in [-0.39, 0.29) is 24.5 Å². The van der Waals surface area contributed by atoms with Crippen LogP contribution in [-0.4, -0.2) is 24.5 Å². The average molecular weight is 262 g/mol. The van der Waals surface area contributed by atoms with E-state index >= 15 is 0 Å². The molecule has 1 aliphatic heterocycles. The van der Waals surface area contributed by atoms with Gasteiger partial charge in [0.05, 0.1) is 6.10 Å². The van der Waals surface area contributed by atoms with Gasteiger partial charge in [0, 0.05) is 17.8 Å². The Bertz CT molecular complexity index is 497. The molecule has 102 valence electrons. The van der Waals surface area contributed by atoms with Crippen LogP contribution in [0.15, 0.2) is 18.2 Å². The van der Waals surface area contributed by atoms with Crippen LogP contribution in [0.1, 0.15) is 25.8 Å². The molecule has 5 heteroatoms. The minimum Gasteiger partial charge on any atom is -0.369 e. The molecule has 19 heavy (non-hydrogen) atoms. The van der Waals surface area contributed by atoms with Crippen LogP contribution < -0.4 is 10.6 Å². The fourth-order valence-corrected chi connectivity index (χ4v) is 1.90. The number of carbonyl (C=O) groups excluding carboxylic acids is 2. The number of ether oxygens (including phenoxy) is 1. The highest BCUT2D eigenvalue weighted by atomic mass is 16.5. The van der Waals surface area contributed by atoms with Crippen LogP contribution in [0.2, 0.25) is 0 Å². The summed E-state index contributed by atoms with van der Waals surface area (Å²) in [6.07, 6.45) is 1.22. The second kappa shape index (κ2) is 5.84. The van der Waals surface area contributed by atoms with Gasteiger partial charge in [-0.05, 0) is 44.0 Å². The first-order chi connectivity index (χ1) is 9.04. The van der Waals surface area contributed by atoms with Crippen LogP contribution >= 0.6 is 0 Å². The molecule has 0 aliphatic carbocycles. The molecule has 0 saturated carbocycles. The van der Waals surface area contributed by atoms with E-state index in [0.29, 0.717) is 12.8 Å². The molecule has 0 aromatic heterocycles. The monoisotopic (exact) mass is 262 g/mol. The molecule has 0 unspecified atom stereocenters. The number of hydrogen-bond donors (Lipinski definition) is 2. The first-order valence-corrected chi connectivity index (χ1v) is 6.39. The molecule has 1 aromatic carbocycles. The third-order valence-electron chi connectivity index (χ3n) is 2.83. The maximum absolute atomic E-state index is 11.6. The van der Waals surface area contributed by atoms with Gasteiger partial charge in [-0.25, -0.2) is 0 Å². The van der Waals surface area contributed by atoms with Gasteiger partial charge in [0.15, 0.2) is 0 Å². The van der Waals surface area contributed by atoms with Crippen molar-refractivity contribution in [2.75, 3.05) is 17.2 Å². The van der Waals surface area contributed by atoms with Gasteiger partial charge >= 0.3 is 0 Å². The van der Waals surface area contributed by atoms with E-state index in [1.807, 2.05) is 26.0 Å². The summed E-state index contributed by atoms with van der Waals surface area (Å²) in [6.45, 7) is 3.81. The number of anilines is 2. The summed E-state index contributed by atoms with van der Waals surface area (Å²) >= 11 is 0. The summed E-state index contributed by atoms with van der Waals surface area (Å²) in [4.78, 5) is 22.9. The number of benzene rings is 1. The normalized spacial score (nSPS) is 13.9. The van der Waals surface area contributed by atoms with Crippen molar-refractivity contribution in [3.63, 3.8) is 0 Å². The Hall–Kier alpha value is -1.88. The van der Waals surface area contributed by atoms with Crippen LogP contribution in [0, 0.1) is 0 Å². The van der Waals surface area contributed by atoms with Gasteiger partial charge in [-0.1, -0.05) is 0 Å². The van der Waals surface area contributed by atoms with Crippen molar-refractivity contribution in [2.24, 2.45) is 0 Å². The number of aryl methyl sites for hydroxylation is 1. The van der Waals surface area contributed by atoms with E-state index in [0.717, 1.165) is 16.9 Å². The fraction of sp³-hybridized carbons (Fsp3) is 0.429. The van der Waals surface area contributed by atoms with Gasteiger partial charge in [-0.3, -0.25) is 9.59 Å². The van der Waals surface area contributed by atoms with E-state index in [2.05, 4.69) is 10.6 Å². The van der Waals surface area contributed by atoms with Crippen molar-refractivity contribution in [1.82, 2.24) is 0 Å². The quantitative estimate of drug-likeness (QED) is 0.871. The molecule has 0 radical (unpaired) electrons. The molecular weight excluding hydrogens is 244 g/mol. The van der Waals surface area contributed by atoms with E-state index in [4.69, 9.17) is 4.74 Å². The summed E-state index contributed by atoms with van der Waals surface area (Å²) < 4.78 is 5.23. The molecule has 5 nitrogen and oxygen atoms in total. The largest absolute Gasteiger partial charge is 0.369 e. The highest BCUT2D eigenvalue weighted by Gasteiger charge is 2.15. The van der Waals surface area contributed by atoms with Crippen molar-refractivity contribution in [2.45, 2.75) is 32.8 Å². The molecule has 0 bridgehead atoms. The van der Waals surface area contributed by atoms with Crippen LogP contribution in [-0.2, 0) is 20.7 Å². The molecule has 2 rings (SSSR count). The molecule has 0 atom stereocenters. The molecular formula is C14H18N2O3. The topological polar surface area (TPSA) is 67.4 Å². The van der Waals surface area contributed by atoms with E-state index in [1.165, 1.54) is 0 Å². The molecule has 2 N–H and O–H groups in total. The number of nitrogens with one attached hydrogen (secondary N) is 2. The van der Waals surface area contributed by atoms with Crippen molar-refractivity contribution < 1.29 is 14.3 Å². The maximum Gasteiger partial charge on any atom is 0.250 e. The molecule has 0 fully saturated rings. The Kier molecular flexibility index (Phi) is 4.16. The predicted octanol–water partition coefficient (Wildman–Crippen LogP) is 1.93. The minimum absolute atomic E-state index is 0.0319. The molecule has 0 saturated heterocycles. The van der Waals surface area contributed by atoms with E-state index in [1.54, 1.807) is 6.07 Å². The lowest BCUT2D eigenvalue weighted by Crippen LogP contribution is -2.22. The standard InChI is InChI=1S/C14H18N2O3/c1-9(2)19-8-14(18)15-11-4-5-12-10(7-11)3-6-13(17)16-12/h4-5,7,9H,3,6,8H2,1-2H3,(H,15,18)(H,16,17). The zero-order valence-electron chi connectivity index (χ0n) is 11.2. The Balaban J connectivity index is 1.98. The smallest absolute Gasteiger partial charge is 0.250 e. The summed E-state index contributed by atoms with van der Waals surface area (Å²) in [5, 5.41) is 5.59. The lowest BCUT2D eigenvalue weighted by Gasteiger charge is -2.17. The maximum atomic E-state index is 11.6. The van der Waals surface area contributed by atoms with Gasteiger partial charge in [0.2, 0.25) is 11.8 Å². The Morgan fingerprint density at radius 1 is 1.42 bits per heavy atom. The number of fused-ring (bicyclic) bond motifs is 1. The van der Waals surface area contributed by atoms with Gasteiger partial charge in [-0.2, -0.15) is 0 Å². The zero-order valence-corrected chi connectivity index (χ0v) is 11.2. The van der Waals surface area contributed by atoms with Crippen LogP contribution in [0.4, 0.5) is 11.4 Å². The van der Waals surface area contributed by atoms with Crippen molar-refractivity contribution in [1.29, 1.82) is 0 Å². The fourth-order valence-electron chi connectivity index (χ4n) is 1.90. The second-order valence-corrected chi connectivity index (χ2v) is 4.83. The van der Waals surface area contributed by atoms with E-state index in [9.17, 15) is 9.59 Å². The van der Waals surface area contributed by atoms with Gasteiger partial charge < -0.3 is 15.4 Å². The minimum atomic E-state index is -0.173. The van der Waals surface area contributed by atoms with Crippen molar-refractivity contribution in [3.8, 4) is 0 Å². The predicted molar refractivity (Wildman–Crippen MR) is 73.1 cm³/mol. The number of carbonyl (C=O) groups is 2. The van der Waals surface area contributed by atoms with Gasteiger partial charge in [-0.15, -0.1) is 0 Å². The number of hydrogen-bond acceptors (Lipinski definition) is 3. The Morgan fingerprint density at radius 2 is 2.21 bits per heavy atom. The van der Waals surface area contributed by atoms with Crippen LogP contribution in [0.5, 0.6) is 0 Å². The zero-order chi connectivity index (χ0) is 13.8. The van der Waals surface area contributed by atoms with Gasteiger partial charge in [0.25, 0.3) is 0 Å². The Labute approximate surface area is 112 Å². The average Bonchev–Trinajstić information content (AvgIpc) is 2.36. The second-order valence-electron chi connectivity index (χ2n) is 4.83. The summed E-state index contributed by atoms with van der Waals surface area (Å²) in [5.41, 5.74) is 2.60. The van der Waals surface area contributed by atoms with E-state index < -0.39 is 0 Å². The SMILES string of the molecule is CC(C)OCC(=O)Nc1ccc2c(c1)CCC(=O)N2. The summed E-state index contributed by atoms with van der Waals surface area (Å²) in [6, 6.07) is 5.48. The lowest BCUT2D eigenvalue weighted by atomic mass is 10.0. The van der Waals surface area contributed by atoms with Crippen molar-refractivity contribution in [3.05, 3.63) is 23.8 Å². The molecule has 1 aliphatic rings. The highest BCUT2D eigenvalue weighted by molar-refractivity contribution is 5.95. The Morgan fingerprint density at radius 3 is 2.95 bits per heavy atom. The first kappa shape index (κ1) is 13.5. The third kappa shape index (κ3) is 3.79. The molecule has 1 heterocycles. The molecule has 2 amide bonds. The summed E-state index contributed by atoms with van der Waals surface area (Å²) in [5.74, 6) is -0.136. The molecule has 0 spiro atoms. The lowest BCUT2D eigenvalue weighted by molar-refractivity contribution is -0.122. The van der Waals surface area contributed by atoms with Crippen LogP contribution in [0.3, 0.4) is 0 Å². The third-order valence-corrected chi connectivity index (χ3v) is 2.83. The first-order valence-electron chi connectivity index (χ1n) is 6.39. The number of rotatable bonds is 4. The number of amides is 2. The van der Waals surface area contributed by atoms with Crippen LogP contribution in [0.25, 0.3) is 0 Å². The highest BCUT2D eigenvalue weighted by Crippen LogP contribution is 2.25. The van der Waals surface area contributed by atoms with Gasteiger partial charge in [0.1, 0.15) is 6.61 Å². The summed E-state index contributed by atoms with van der Waals surface area (Å²) in [7, 11) is 0.